The van der Waals surface area contributed by atoms with Crippen LogP contribution in [0, 0.1) is 6.92 Å². The van der Waals surface area contributed by atoms with Gasteiger partial charge in [0.2, 0.25) is 5.91 Å². The van der Waals surface area contributed by atoms with Crippen molar-refractivity contribution in [1.82, 2.24) is 14.0 Å². The van der Waals surface area contributed by atoms with Crippen molar-refractivity contribution in [1.29, 1.82) is 0 Å². The van der Waals surface area contributed by atoms with Gasteiger partial charge < -0.3 is 24.2 Å². The molecule has 13 nitrogen and oxygen atoms in total. The summed E-state index contributed by atoms with van der Waals surface area (Å²) in [5.74, 6) is 0.151. The number of β-amino-alcohol motifs (C(OH)–C–C–N with tert-alkyl or cyclic N) is 1. The van der Waals surface area contributed by atoms with Gasteiger partial charge in [-0.25, -0.2) is 9.36 Å². The van der Waals surface area contributed by atoms with Crippen molar-refractivity contribution < 1.29 is 24.1 Å². The molecule has 0 aliphatic carbocycles. The number of aliphatic hydroxyl groups excluding tert-OH is 1. The normalized spacial score (nSPS) is 16.9. The molecule has 2 aromatic heterocycles. The number of fused-ring (bicyclic) bond motifs is 1. The summed E-state index contributed by atoms with van der Waals surface area (Å²) in [4.78, 5) is 44.2. The number of nitrogens with zero attached hydrogens (tertiary/aromatic N) is 6. The van der Waals surface area contributed by atoms with Crippen molar-refractivity contribution in [2.45, 2.75) is 64.0 Å². The van der Waals surface area contributed by atoms with E-state index in [2.05, 4.69) is 23.6 Å². The highest BCUT2D eigenvalue weighted by atomic mass is 32.1. The minimum absolute atomic E-state index is 0.0163. The lowest BCUT2D eigenvalue weighted by atomic mass is 9.99. The minimum atomic E-state index is -1.56. The molecule has 0 radical (unpaired) electrons. The fourth-order valence-corrected chi connectivity index (χ4v) is 7.05. The average molecular weight is 627 g/mol. The van der Waals surface area contributed by atoms with E-state index in [1.54, 1.807) is 27.9 Å². The molecule has 44 heavy (non-hydrogen) atoms. The summed E-state index contributed by atoms with van der Waals surface area (Å²) in [7, 11) is 1.57. The Hall–Kier alpha value is -3.85. The van der Waals surface area contributed by atoms with Gasteiger partial charge in [0.25, 0.3) is 5.56 Å². The quantitative estimate of drug-likeness (QED) is 0.253. The Morgan fingerprint density at radius 1 is 1.20 bits per heavy atom. The molecule has 2 aliphatic rings. The molecule has 1 aromatic carbocycles. The smallest absolute Gasteiger partial charge is 0.333 e. The van der Waals surface area contributed by atoms with E-state index in [0.29, 0.717) is 47.2 Å². The summed E-state index contributed by atoms with van der Waals surface area (Å²) in [5, 5.41) is 19.5. The van der Waals surface area contributed by atoms with Crippen LogP contribution in [0.3, 0.4) is 0 Å². The highest BCUT2D eigenvalue weighted by Crippen LogP contribution is 2.38. The van der Waals surface area contributed by atoms with Crippen LogP contribution < -0.4 is 21.1 Å². The largest absolute Gasteiger partial charge is 0.496 e. The van der Waals surface area contributed by atoms with Crippen molar-refractivity contribution >= 4 is 45.9 Å². The fourth-order valence-electron chi connectivity index (χ4n) is 5.81. The van der Waals surface area contributed by atoms with Crippen molar-refractivity contribution in [2.24, 2.45) is 10.2 Å². The van der Waals surface area contributed by atoms with Gasteiger partial charge in [-0.3, -0.25) is 14.2 Å². The number of thiophene rings is 1. The first-order chi connectivity index (χ1) is 21.0. The van der Waals surface area contributed by atoms with E-state index in [4.69, 9.17) is 14.2 Å². The maximum absolute atomic E-state index is 14.5. The number of carbonyl (C=O) groups is 1. The SMILES string of the molecule is C=NN(N=C)c1sc2c(c1C)c(=O)n(C(C)(C)C(=O)N1CC(O)C1)c(=O)n2C[C@H](OC1CCOCC1)c1ccccc1OC. The Balaban J connectivity index is 1.74. The summed E-state index contributed by atoms with van der Waals surface area (Å²) in [6.07, 6.45) is -0.0437. The standard InChI is InChI=1S/C30H38N6O7S/c1-18-24-25(38)35(30(2,3)28(39)33-15-19(37)16-33)29(40)34(27(24)44-26(18)36(31-4)32-5)17-23(43-20-11-13-42-14-12-20)21-9-7-8-10-22(21)41-6/h7-10,19-20,23,37H,4-5,11-17H2,1-3,6H3/t23-/m0/s1. The highest BCUT2D eigenvalue weighted by Gasteiger charge is 2.42. The molecule has 2 fully saturated rings. The van der Waals surface area contributed by atoms with Gasteiger partial charge in [0, 0.05) is 50.9 Å². The van der Waals surface area contributed by atoms with Crippen LogP contribution in [0.5, 0.6) is 5.75 Å². The Kier molecular flexibility index (Phi) is 9.07. The molecular formula is C30H38N6O7S. The number of hydrogen-bond acceptors (Lipinski definition) is 11. The third kappa shape index (κ3) is 5.58. The van der Waals surface area contributed by atoms with Crippen molar-refractivity contribution in [3.63, 3.8) is 0 Å². The van der Waals surface area contributed by atoms with E-state index in [1.165, 1.54) is 14.6 Å². The first-order valence-corrected chi connectivity index (χ1v) is 15.2. The first kappa shape index (κ1) is 31.6. The second-order valence-corrected chi connectivity index (χ2v) is 12.4. The molecule has 236 valence electrons. The summed E-state index contributed by atoms with van der Waals surface area (Å²) in [5.41, 5.74) is -1.60. The molecule has 2 saturated heterocycles. The number of likely N-dealkylation sites (tertiary alicyclic amines) is 1. The topological polar surface area (TPSA) is 140 Å². The van der Waals surface area contributed by atoms with Gasteiger partial charge in [0.05, 0.1) is 31.2 Å². The van der Waals surface area contributed by atoms with E-state index in [-0.39, 0.29) is 31.1 Å². The Labute approximate surface area is 258 Å². The summed E-state index contributed by atoms with van der Waals surface area (Å²) < 4.78 is 20.4. The molecule has 0 bridgehead atoms. The monoisotopic (exact) mass is 626 g/mol. The van der Waals surface area contributed by atoms with Gasteiger partial charge in [-0.05, 0) is 39.7 Å². The molecular weight excluding hydrogens is 588 g/mol. The van der Waals surface area contributed by atoms with E-state index in [9.17, 15) is 19.5 Å². The van der Waals surface area contributed by atoms with Crippen LogP contribution >= 0.6 is 11.3 Å². The molecule has 1 N–H and O–H groups in total. The highest BCUT2D eigenvalue weighted by molar-refractivity contribution is 7.22. The van der Waals surface area contributed by atoms with Crippen molar-refractivity contribution in [3.8, 4) is 5.75 Å². The molecule has 2 aliphatic heterocycles. The number of amides is 1. The number of para-hydroxylation sites is 1. The lowest BCUT2D eigenvalue weighted by Crippen LogP contribution is -2.62. The fraction of sp³-hybridized carbons (Fsp3) is 0.500. The van der Waals surface area contributed by atoms with Gasteiger partial charge in [-0.2, -0.15) is 10.2 Å². The second-order valence-electron chi connectivity index (χ2n) is 11.4. The predicted octanol–water partition coefficient (Wildman–Crippen LogP) is 2.45. The lowest BCUT2D eigenvalue weighted by molar-refractivity contribution is -0.149. The number of hydrazone groups is 2. The number of ether oxygens (including phenoxy) is 3. The maximum atomic E-state index is 14.5. The molecule has 5 rings (SSSR count). The molecule has 0 saturated carbocycles. The number of carbonyl (C=O) groups excluding carboxylic acids is 1. The number of anilines is 1. The molecule has 3 aromatic rings. The lowest BCUT2D eigenvalue weighted by Gasteiger charge is -2.41. The second kappa shape index (κ2) is 12.6. The van der Waals surface area contributed by atoms with Crippen molar-refractivity contribution in [3.05, 3.63) is 56.2 Å². The number of aryl methyl sites for hydroxylation is 1. The van der Waals surface area contributed by atoms with E-state index in [1.807, 2.05) is 24.3 Å². The summed E-state index contributed by atoms with van der Waals surface area (Å²) in [6.45, 7) is 13.3. The van der Waals surface area contributed by atoms with Crippen molar-refractivity contribution in [2.75, 3.05) is 38.5 Å². The zero-order valence-electron chi connectivity index (χ0n) is 25.4. The van der Waals surface area contributed by atoms with Crippen LogP contribution in [-0.2, 0) is 26.4 Å². The van der Waals surface area contributed by atoms with Gasteiger partial charge in [0.15, 0.2) is 0 Å². The molecule has 1 atom stereocenters. The number of rotatable bonds is 11. The first-order valence-electron chi connectivity index (χ1n) is 14.4. The van der Waals surface area contributed by atoms with E-state index in [0.717, 1.165) is 21.5 Å². The predicted molar refractivity (Wildman–Crippen MR) is 169 cm³/mol. The van der Waals surface area contributed by atoms with Crippen LogP contribution in [0.25, 0.3) is 10.2 Å². The van der Waals surface area contributed by atoms with Gasteiger partial charge in [0.1, 0.15) is 27.2 Å². The average Bonchev–Trinajstić information content (AvgIpc) is 3.34. The number of benzene rings is 1. The number of aromatic nitrogens is 2. The Morgan fingerprint density at radius 2 is 1.86 bits per heavy atom. The number of methoxy groups -OCH3 is 1. The Morgan fingerprint density at radius 3 is 2.48 bits per heavy atom. The Bertz CT molecular complexity index is 1680. The number of aliphatic hydroxyl groups is 1. The van der Waals surface area contributed by atoms with Crippen LogP contribution in [0.2, 0.25) is 0 Å². The van der Waals surface area contributed by atoms with Gasteiger partial charge >= 0.3 is 5.69 Å². The van der Waals surface area contributed by atoms with Crippen LogP contribution in [0.1, 0.15) is 43.9 Å². The number of hydrogen-bond donors (Lipinski definition) is 1. The third-order valence-corrected chi connectivity index (χ3v) is 9.51. The zero-order chi connectivity index (χ0) is 31.8. The van der Waals surface area contributed by atoms with Crippen LogP contribution in [-0.4, -0.2) is 84.1 Å². The third-order valence-electron chi connectivity index (χ3n) is 8.23. The molecule has 0 spiro atoms. The van der Waals surface area contributed by atoms with Crippen LogP contribution in [0.4, 0.5) is 5.00 Å². The van der Waals surface area contributed by atoms with Gasteiger partial charge in [-0.15, -0.1) is 5.12 Å². The molecule has 1 amide bonds. The minimum Gasteiger partial charge on any atom is -0.496 e. The summed E-state index contributed by atoms with van der Waals surface area (Å²) in [6, 6.07) is 7.44. The summed E-state index contributed by atoms with van der Waals surface area (Å²) >= 11 is 1.15. The maximum Gasteiger partial charge on any atom is 0.333 e. The van der Waals surface area contributed by atoms with E-state index < -0.39 is 34.9 Å². The molecule has 14 heteroatoms. The van der Waals surface area contributed by atoms with Gasteiger partial charge in [-0.1, -0.05) is 29.5 Å². The molecule has 0 unspecified atom stereocenters. The van der Waals surface area contributed by atoms with Crippen LogP contribution in [0.15, 0.2) is 44.1 Å². The zero-order valence-corrected chi connectivity index (χ0v) is 26.2. The molecule has 4 heterocycles. The van der Waals surface area contributed by atoms with E-state index >= 15 is 0 Å².